The van der Waals surface area contributed by atoms with Gasteiger partial charge in [0.15, 0.2) is 0 Å². The number of halogens is 1. The van der Waals surface area contributed by atoms with Crippen molar-refractivity contribution in [2.24, 2.45) is 0 Å². The number of H-pyrrole nitrogens is 1. The van der Waals surface area contributed by atoms with E-state index in [1.807, 2.05) is 36.4 Å². The summed E-state index contributed by atoms with van der Waals surface area (Å²) in [6.07, 6.45) is 1.23. The van der Waals surface area contributed by atoms with Gasteiger partial charge < -0.3 is 10.1 Å². The number of aliphatic hydroxyl groups is 1. The molecule has 1 aromatic carbocycles. The summed E-state index contributed by atoms with van der Waals surface area (Å²) in [6, 6.07) is 11.4. The van der Waals surface area contributed by atoms with Gasteiger partial charge in [0, 0.05) is 16.4 Å². The van der Waals surface area contributed by atoms with Crippen molar-refractivity contribution in [1.29, 1.82) is 0 Å². The Morgan fingerprint density at radius 1 is 1.14 bits per heavy atom. The second-order valence-electron chi connectivity index (χ2n) is 3.08. The van der Waals surface area contributed by atoms with Crippen LogP contribution >= 0.6 is 15.9 Å². The van der Waals surface area contributed by atoms with Gasteiger partial charge in [0.2, 0.25) is 0 Å². The van der Waals surface area contributed by atoms with E-state index >= 15 is 0 Å². The minimum atomic E-state index is -0.571. The summed E-state index contributed by atoms with van der Waals surface area (Å²) in [5.74, 6) is 0. The highest BCUT2D eigenvalue weighted by molar-refractivity contribution is 9.10. The Kier molecular flexibility index (Phi) is 2.70. The van der Waals surface area contributed by atoms with Gasteiger partial charge in [-0.2, -0.15) is 0 Å². The van der Waals surface area contributed by atoms with E-state index in [1.165, 1.54) is 0 Å². The second-order valence-corrected chi connectivity index (χ2v) is 4.00. The SMILES string of the molecule is OC(c1ccc(Br)cc1)c1ccc[nH]1. The largest absolute Gasteiger partial charge is 0.382 e. The van der Waals surface area contributed by atoms with Gasteiger partial charge in [0.25, 0.3) is 0 Å². The van der Waals surface area contributed by atoms with Crippen LogP contribution in [0.2, 0.25) is 0 Å². The average Bonchev–Trinajstić information content (AvgIpc) is 2.71. The topological polar surface area (TPSA) is 36.0 Å². The average molecular weight is 252 g/mol. The Hall–Kier alpha value is -1.06. The lowest BCUT2D eigenvalue weighted by atomic mass is 10.1. The maximum atomic E-state index is 9.93. The number of hydrogen-bond donors (Lipinski definition) is 2. The molecule has 0 fully saturated rings. The highest BCUT2D eigenvalue weighted by atomic mass is 79.9. The van der Waals surface area contributed by atoms with Gasteiger partial charge in [-0.15, -0.1) is 0 Å². The van der Waals surface area contributed by atoms with Gasteiger partial charge in [-0.05, 0) is 29.8 Å². The van der Waals surface area contributed by atoms with Crippen LogP contribution in [0.4, 0.5) is 0 Å². The zero-order valence-electron chi connectivity index (χ0n) is 7.44. The molecule has 0 bridgehead atoms. The third-order valence-electron chi connectivity index (χ3n) is 2.10. The maximum absolute atomic E-state index is 9.93. The number of aromatic amines is 1. The summed E-state index contributed by atoms with van der Waals surface area (Å²) in [7, 11) is 0. The number of hydrogen-bond acceptors (Lipinski definition) is 1. The summed E-state index contributed by atoms with van der Waals surface area (Å²) in [5, 5.41) is 9.93. The summed E-state index contributed by atoms with van der Waals surface area (Å²) in [5.41, 5.74) is 1.70. The van der Waals surface area contributed by atoms with Crippen LogP contribution in [0.25, 0.3) is 0 Å². The molecule has 3 heteroatoms. The smallest absolute Gasteiger partial charge is 0.119 e. The number of aromatic nitrogens is 1. The first-order chi connectivity index (χ1) is 6.77. The number of aliphatic hydroxyl groups excluding tert-OH is 1. The van der Waals surface area contributed by atoms with E-state index in [4.69, 9.17) is 0 Å². The molecule has 0 aliphatic rings. The Morgan fingerprint density at radius 3 is 2.43 bits per heavy atom. The molecule has 0 saturated carbocycles. The van der Waals surface area contributed by atoms with E-state index < -0.39 is 6.10 Å². The van der Waals surface area contributed by atoms with Crippen molar-refractivity contribution in [1.82, 2.24) is 4.98 Å². The molecule has 1 unspecified atom stereocenters. The highest BCUT2D eigenvalue weighted by Gasteiger charge is 2.09. The molecular weight excluding hydrogens is 242 g/mol. The van der Waals surface area contributed by atoms with E-state index in [0.29, 0.717) is 0 Å². The van der Waals surface area contributed by atoms with E-state index in [1.54, 1.807) is 6.20 Å². The third kappa shape index (κ3) is 1.89. The van der Waals surface area contributed by atoms with Gasteiger partial charge in [-0.3, -0.25) is 0 Å². The molecule has 14 heavy (non-hydrogen) atoms. The van der Waals surface area contributed by atoms with Gasteiger partial charge >= 0.3 is 0 Å². The molecular formula is C11H10BrNO. The van der Waals surface area contributed by atoms with E-state index in [2.05, 4.69) is 20.9 Å². The van der Waals surface area contributed by atoms with Crippen LogP contribution in [0.5, 0.6) is 0 Å². The summed E-state index contributed by atoms with van der Waals surface area (Å²) in [4.78, 5) is 2.99. The van der Waals surface area contributed by atoms with E-state index in [9.17, 15) is 5.11 Å². The Bertz CT molecular complexity index is 394. The van der Waals surface area contributed by atoms with E-state index in [-0.39, 0.29) is 0 Å². The third-order valence-corrected chi connectivity index (χ3v) is 2.63. The number of nitrogens with one attached hydrogen (secondary N) is 1. The van der Waals surface area contributed by atoms with Crippen molar-refractivity contribution < 1.29 is 5.11 Å². The van der Waals surface area contributed by atoms with Crippen molar-refractivity contribution in [3.8, 4) is 0 Å². The van der Waals surface area contributed by atoms with Gasteiger partial charge in [-0.25, -0.2) is 0 Å². The van der Waals surface area contributed by atoms with Gasteiger partial charge in [0.05, 0.1) is 0 Å². The molecule has 0 amide bonds. The van der Waals surface area contributed by atoms with Crippen molar-refractivity contribution >= 4 is 15.9 Å². The Labute approximate surface area is 90.7 Å². The van der Waals surface area contributed by atoms with Crippen molar-refractivity contribution in [2.75, 3.05) is 0 Å². The first-order valence-corrected chi connectivity index (χ1v) is 5.13. The Balaban J connectivity index is 2.28. The zero-order chi connectivity index (χ0) is 9.97. The van der Waals surface area contributed by atoms with Crippen LogP contribution in [0.15, 0.2) is 47.1 Å². The fourth-order valence-corrected chi connectivity index (χ4v) is 1.60. The number of rotatable bonds is 2. The Morgan fingerprint density at radius 2 is 1.86 bits per heavy atom. The zero-order valence-corrected chi connectivity index (χ0v) is 9.03. The van der Waals surface area contributed by atoms with Crippen LogP contribution in [0.1, 0.15) is 17.4 Å². The minimum Gasteiger partial charge on any atom is -0.382 e. The standard InChI is InChI=1S/C11H10BrNO/c12-9-5-3-8(4-6-9)11(14)10-2-1-7-13-10/h1-7,11,13-14H. The minimum absolute atomic E-state index is 0.571. The maximum Gasteiger partial charge on any atom is 0.119 e. The summed E-state index contributed by atoms with van der Waals surface area (Å²) < 4.78 is 1.01. The monoisotopic (exact) mass is 251 g/mol. The lowest BCUT2D eigenvalue weighted by Gasteiger charge is -2.08. The predicted octanol–water partition coefficient (Wildman–Crippen LogP) is 2.86. The normalized spacial score (nSPS) is 12.7. The van der Waals surface area contributed by atoms with Crippen LogP contribution in [0.3, 0.4) is 0 Å². The molecule has 0 spiro atoms. The van der Waals surface area contributed by atoms with Gasteiger partial charge in [-0.1, -0.05) is 28.1 Å². The fourth-order valence-electron chi connectivity index (χ4n) is 1.34. The molecule has 2 aromatic rings. The quantitative estimate of drug-likeness (QED) is 0.847. The van der Waals surface area contributed by atoms with Gasteiger partial charge in [0.1, 0.15) is 6.10 Å². The molecule has 1 heterocycles. The molecule has 72 valence electrons. The van der Waals surface area contributed by atoms with Crippen molar-refractivity contribution in [3.63, 3.8) is 0 Å². The van der Waals surface area contributed by atoms with Crippen LogP contribution in [-0.4, -0.2) is 10.1 Å². The van der Waals surface area contributed by atoms with Crippen LogP contribution in [-0.2, 0) is 0 Å². The molecule has 2 N–H and O–H groups in total. The highest BCUT2D eigenvalue weighted by Crippen LogP contribution is 2.21. The molecule has 0 aliphatic heterocycles. The lowest BCUT2D eigenvalue weighted by molar-refractivity contribution is 0.216. The summed E-state index contributed by atoms with van der Waals surface area (Å²) in [6.45, 7) is 0. The molecule has 0 saturated heterocycles. The fraction of sp³-hybridized carbons (Fsp3) is 0.0909. The molecule has 0 radical (unpaired) electrons. The summed E-state index contributed by atoms with van der Waals surface area (Å²) >= 11 is 3.35. The molecule has 2 rings (SSSR count). The molecule has 1 aromatic heterocycles. The first-order valence-electron chi connectivity index (χ1n) is 4.34. The van der Waals surface area contributed by atoms with E-state index in [0.717, 1.165) is 15.7 Å². The van der Waals surface area contributed by atoms with Crippen LogP contribution in [0, 0.1) is 0 Å². The van der Waals surface area contributed by atoms with Crippen molar-refractivity contribution in [2.45, 2.75) is 6.10 Å². The van der Waals surface area contributed by atoms with Crippen LogP contribution < -0.4 is 0 Å². The molecule has 0 aliphatic carbocycles. The molecule has 1 atom stereocenters. The lowest BCUT2D eigenvalue weighted by Crippen LogP contribution is -1.99. The second kappa shape index (κ2) is 3.98. The molecule has 2 nitrogen and oxygen atoms in total. The first kappa shape index (κ1) is 9.49. The predicted molar refractivity (Wildman–Crippen MR) is 59.0 cm³/mol. The van der Waals surface area contributed by atoms with Crippen molar-refractivity contribution in [3.05, 3.63) is 58.3 Å². The number of benzene rings is 1.